The molecule has 0 saturated carbocycles. The summed E-state index contributed by atoms with van der Waals surface area (Å²) in [6, 6.07) is 14.5. The van der Waals surface area contributed by atoms with E-state index < -0.39 is 5.91 Å². The summed E-state index contributed by atoms with van der Waals surface area (Å²) in [5.74, 6) is -0.402. The van der Waals surface area contributed by atoms with Gasteiger partial charge in [0, 0.05) is 0 Å². The molecule has 2 aromatic carbocycles. The molecular formula is C21H15NO4S. The lowest BCUT2D eigenvalue weighted by Gasteiger charge is -2.14. The second-order valence-electron chi connectivity index (χ2n) is 6.21. The highest BCUT2D eigenvalue weighted by molar-refractivity contribution is 8.18. The first kappa shape index (κ1) is 17.3. The molecule has 1 aliphatic heterocycles. The Kier molecular flexibility index (Phi) is 4.41. The Morgan fingerprint density at radius 1 is 1.04 bits per heavy atom. The van der Waals surface area contributed by atoms with Crippen LogP contribution in [0.25, 0.3) is 17.0 Å². The number of nitrogens with zero attached hydrogens (tertiary/aromatic N) is 1. The van der Waals surface area contributed by atoms with E-state index in [2.05, 4.69) is 0 Å². The third-order valence-electron chi connectivity index (χ3n) is 4.46. The number of hydrogen-bond acceptors (Lipinski definition) is 5. The molecule has 6 heteroatoms. The van der Waals surface area contributed by atoms with Crippen molar-refractivity contribution in [2.24, 2.45) is 0 Å². The summed E-state index contributed by atoms with van der Waals surface area (Å²) in [5.41, 5.74) is 2.41. The van der Waals surface area contributed by atoms with Gasteiger partial charge in [-0.2, -0.15) is 0 Å². The van der Waals surface area contributed by atoms with Crippen LogP contribution in [0, 0.1) is 6.92 Å². The first-order chi connectivity index (χ1) is 13.0. The molecule has 27 heavy (non-hydrogen) atoms. The molecule has 4 rings (SSSR count). The van der Waals surface area contributed by atoms with E-state index in [1.807, 2.05) is 31.2 Å². The molecule has 2 amide bonds. The van der Waals surface area contributed by atoms with Gasteiger partial charge in [-0.05, 0) is 48.0 Å². The van der Waals surface area contributed by atoms with Crippen LogP contribution in [0.1, 0.15) is 16.7 Å². The second kappa shape index (κ2) is 6.89. The molecule has 0 unspecified atom stereocenters. The zero-order valence-corrected chi connectivity index (χ0v) is 15.3. The molecule has 1 saturated heterocycles. The van der Waals surface area contributed by atoms with Crippen molar-refractivity contribution in [1.29, 1.82) is 0 Å². The molecule has 0 bridgehead atoms. The number of imide groups is 1. The van der Waals surface area contributed by atoms with Crippen LogP contribution in [-0.4, -0.2) is 16.0 Å². The Morgan fingerprint density at radius 2 is 1.78 bits per heavy atom. The number of aryl methyl sites for hydroxylation is 1. The van der Waals surface area contributed by atoms with Gasteiger partial charge in [-0.15, -0.1) is 0 Å². The van der Waals surface area contributed by atoms with E-state index in [1.54, 1.807) is 24.3 Å². The minimum absolute atomic E-state index is 0.209. The maximum Gasteiger partial charge on any atom is 0.293 e. The van der Waals surface area contributed by atoms with E-state index in [0.717, 1.165) is 22.9 Å². The number of fused-ring (bicyclic) bond motifs is 1. The summed E-state index contributed by atoms with van der Waals surface area (Å²) in [6.07, 6.45) is 2.75. The zero-order valence-electron chi connectivity index (χ0n) is 14.5. The molecule has 134 valence electrons. The number of carbonyl (C=O) groups is 2. The normalized spacial score (nSPS) is 15.9. The molecule has 5 nitrogen and oxygen atoms in total. The number of carbonyl (C=O) groups excluding carboxylic acids is 2. The van der Waals surface area contributed by atoms with E-state index in [9.17, 15) is 14.4 Å². The topological polar surface area (TPSA) is 67.6 Å². The number of thioether (sulfide) groups is 1. The Morgan fingerprint density at radius 3 is 2.59 bits per heavy atom. The SMILES string of the molecule is Cc1ccccc1CN1C(=O)S/C(=C\c2coc3ccccc3c2=O)C1=O. The highest BCUT2D eigenvalue weighted by atomic mass is 32.2. The van der Waals surface area contributed by atoms with Crippen LogP contribution >= 0.6 is 11.8 Å². The van der Waals surface area contributed by atoms with Gasteiger partial charge in [0.2, 0.25) is 0 Å². The Bertz CT molecular complexity index is 1160. The van der Waals surface area contributed by atoms with Gasteiger partial charge >= 0.3 is 0 Å². The Balaban J connectivity index is 1.67. The first-order valence-corrected chi connectivity index (χ1v) is 9.16. The second-order valence-corrected chi connectivity index (χ2v) is 7.20. The molecule has 1 aliphatic rings. The molecule has 0 N–H and O–H groups in total. The predicted octanol–water partition coefficient (Wildman–Crippen LogP) is 4.34. The van der Waals surface area contributed by atoms with Gasteiger partial charge in [0.1, 0.15) is 11.8 Å². The third-order valence-corrected chi connectivity index (χ3v) is 5.36. The van der Waals surface area contributed by atoms with E-state index in [1.165, 1.54) is 17.2 Å². The van der Waals surface area contributed by atoms with Gasteiger partial charge < -0.3 is 4.42 Å². The minimum Gasteiger partial charge on any atom is -0.463 e. The molecule has 0 radical (unpaired) electrons. The van der Waals surface area contributed by atoms with Crippen molar-refractivity contribution >= 4 is 40.0 Å². The van der Waals surface area contributed by atoms with Crippen molar-refractivity contribution < 1.29 is 14.0 Å². The van der Waals surface area contributed by atoms with Gasteiger partial charge in [-0.3, -0.25) is 19.3 Å². The molecule has 0 spiro atoms. The number of para-hydroxylation sites is 1. The Labute approximate surface area is 159 Å². The lowest BCUT2D eigenvalue weighted by molar-refractivity contribution is -0.123. The van der Waals surface area contributed by atoms with Gasteiger partial charge in [-0.25, -0.2) is 0 Å². The quantitative estimate of drug-likeness (QED) is 0.635. The van der Waals surface area contributed by atoms with Crippen LogP contribution in [0.2, 0.25) is 0 Å². The van der Waals surface area contributed by atoms with Crippen molar-refractivity contribution in [1.82, 2.24) is 4.90 Å². The highest BCUT2D eigenvalue weighted by Crippen LogP contribution is 2.33. The van der Waals surface area contributed by atoms with E-state index in [4.69, 9.17) is 4.42 Å². The van der Waals surface area contributed by atoms with Crippen molar-refractivity contribution in [3.63, 3.8) is 0 Å². The molecule has 0 atom stereocenters. The Hall–Kier alpha value is -3.12. The van der Waals surface area contributed by atoms with Gasteiger partial charge in [0.25, 0.3) is 11.1 Å². The van der Waals surface area contributed by atoms with Crippen LogP contribution in [0.15, 0.2) is 68.9 Å². The lowest BCUT2D eigenvalue weighted by atomic mass is 10.1. The molecular weight excluding hydrogens is 362 g/mol. The van der Waals surface area contributed by atoms with Crippen molar-refractivity contribution in [3.8, 4) is 0 Å². The lowest BCUT2D eigenvalue weighted by Crippen LogP contribution is -2.27. The largest absolute Gasteiger partial charge is 0.463 e. The highest BCUT2D eigenvalue weighted by Gasteiger charge is 2.35. The van der Waals surface area contributed by atoms with Gasteiger partial charge in [0.15, 0.2) is 5.43 Å². The minimum atomic E-state index is -0.402. The fraction of sp³-hybridized carbons (Fsp3) is 0.0952. The number of hydrogen-bond donors (Lipinski definition) is 0. The summed E-state index contributed by atoms with van der Waals surface area (Å²) in [6.45, 7) is 2.14. The maximum absolute atomic E-state index is 12.7. The standard InChI is InChI=1S/C21H15NO4S/c1-13-6-2-3-7-14(13)11-22-20(24)18(27-21(22)25)10-15-12-26-17-9-5-4-8-16(17)19(15)23/h2-10,12H,11H2,1H3/b18-10-. The third kappa shape index (κ3) is 3.19. The number of rotatable bonds is 3. The van der Waals surface area contributed by atoms with Crippen molar-refractivity contribution in [3.05, 3.63) is 86.6 Å². The van der Waals surface area contributed by atoms with E-state index in [-0.39, 0.29) is 27.7 Å². The number of amides is 2. The van der Waals surface area contributed by atoms with Crippen LogP contribution in [0.4, 0.5) is 4.79 Å². The van der Waals surface area contributed by atoms with E-state index in [0.29, 0.717) is 11.0 Å². The summed E-state index contributed by atoms with van der Waals surface area (Å²) >= 11 is 0.834. The average Bonchev–Trinajstić information content (AvgIpc) is 2.93. The summed E-state index contributed by atoms with van der Waals surface area (Å²) in [7, 11) is 0. The fourth-order valence-corrected chi connectivity index (χ4v) is 3.76. The average molecular weight is 377 g/mol. The maximum atomic E-state index is 12.7. The zero-order chi connectivity index (χ0) is 19.0. The fourth-order valence-electron chi connectivity index (χ4n) is 2.93. The summed E-state index contributed by atoms with van der Waals surface area (Å²) in [4.78, 5) is 39.0. The smallest absolute Gasteiger partial charge is 0.293 e. The van der Waals surface area contributed by atoms with Crippen molar-refractivity contribution in [2.45, 2.75) is 13.5 Å². The molecule has 1 fully saturated rings. The molecule has 3 aromatic rings. The molecule has 1 aromatic heterocycles. The summed E-state index contributed by atoms with van der Waals surface area (Å²) in [5, 5.41) is 0.0880. The van der Waals surface area contributed by atoms with Crippen LogP contribution in [0.3, 0.4) is 0 Å². The monoisotopic (exact) mass is 377 g/mol. The first-order valence-electron chi connectivity index (χ1n) is 8.35. The van der Waals surface area contributed by atoms with Crippen LogP contribution < -0.4 is 5.43 Å². The van der Waals surface area contributed by atoms with Gasteiger partial charge in [0.05, 0.1) is 22.4 Å². The van der Waals surface area contributed by atoms with Crippen LogP contribution in [-0.2, 0) is 11.3 Å². The van der Waals surface area contributed by atoms with E-state index >= 15 is 0 Å². The summed E-state index contributed by atoms with van der Waals surface area (Å²) < 4.78 is 5.47. The molecule has 0 aliphatic carbocycles. The van der Waals surface area contributed by atoms with Crippen LogP contribution in [0.5, 0.6) is 0 Å². The van der Waals surface area contributed by atoms with Crippen molar-refractivity contribution in [2.75, 3.05) is 0 Å². The molecule has 2 heterocycles. The predicted molar refractivity (Wildman–Crippen MR) is 105 cm³/mol. The number of benzene rings is 2. The van der Waals surface area contributed by atoms with Gasteiger partial charge in [-0.1, -0.05) is 36.4 Å².